The molecular formula is C27H27BrCl2N2O3. The Kier molecular flexibility index (Phi) is 10.0. The van der Waals surface area contributed by atoms with Crippen LogP contribution in [-0.4, -0.2) is 35.4 Å². The maximum absolute atomic E-state index is 13.6. The lowest BCUT2D eigenvalue weighted by Crippen LogP contribution is -2.52. The van der Waals surface area contributed by atoms with Gasteiger partial charge in [-0.1, -0.05) is 75.5 Å². The summed E-state index contributed by atoms with van der Waals surface area (Å²) in [7, 11) is 0. The van der Waals surface area contributed by atoms with Crippen LogP contribution in [0.25, 0.3) is 0 Å². The van der Waals surface area contributed by atoms with Crippen LogP contribution in [0.1, 0.15) is 25.0 Å². The quantitative estimate of drug-likeness (QED) is 0.308. The summed E-state index contributed by atoms with van der Waals surface area (Å²) in [6, 6.07) is 21.0. The number of nitrogens with zero attached hydrogens (tertiary/aromatic N) is 1. The molecular weight excluding hydrogens is 551 g/mol. The lowest BCUT2D eigenvalue weighted by atomic mass is 10.0. The highest BCUT2D eigenvalue weighted by Gasteiger charge is 2.32. The van der Waals surface area contributed by atoms with Crippen molar-refractivity contribution in [3.05, 3.63) is 98.4 Å². The van der Waals surface area contributed by atoms with Gasteiger partial charge in [0.15, 0.2) is 6.61 Å². The molecule has 0 heterocycles. The summed E-state index contributed by atoms with van der Waals surface area (Å²) in [5.74, 6) is -0.0729. The van der Waals surface area contributed by atoms with Crippen molar-refractivity contribution in [2.24, 2.45) is 0 Å². The van der Waals surface area contributed by atoms with Gasteiger partial charge in [-0.15, -0.1) is 0 Å². The molecule has 0 saturated carbocycles. The van der Waals surface area contributed by atoms with Crippen molar-refractivity contribution >= 4 is 50.9 Å². The van der Waals surface area contributed by atoms with Crippen LogP contribution >= 0.6 is 39.1 Å². The molecule has 0 saturated heterocycles. The molecule has 3 aromatic rings. The number of carbonyl (C=O) groups excluding carboxylic acids is 2. The number of carbonyl (C=O) groups is 2. The van der Waals surface area contributed by atoms with E-state index in [1.807, 2.05) is 56.3 Å². The van der Waals surface area contributed by atoms with Gasteiger partial charge >= 0.3 is 0 Å². The van der Waals surface area contributed by atoms with Gasteiger partial charge < -0.3 is 15.0 Å². The highest BCUT2D eigenvalue weighted by Crippen LogP contribution is 2.27. The van der Waals surface area contributed by atoms with Crippen molar-refractivity contribution in [1.29, 1.82) is 0 Å². The minimum absolute atomic E-state index is 0.0596. The summed E-state index contributed by atoms with van der Waals surface area (Å²) in [5.41, 5.74) is 1.50. The fraction of sp³-hybridized carbons (Fsp3) is 0.259. The Hall–Kier alpha value is -2.54. The summed E-state index contributed by atoms with van der Waals surface area (Å²) >= 11 is 16.3. The van der Waals surface area contributed by atoms with Crippen LogP contribution in [-0.2, 0) is 22.6 Å². The summed E-state index contributed by atoms with van der Waals surface area (Å²) < 4.78 is 6.66. The Bertz CT molecular complexity index is 1120. The second kappa shape index (κ2) is 13.0. The average molecular weight is 578 g/mol. The third-order valence-electron chi connectivity index (χ3n) is 5.27. The van der Waals surface area contributed by atoms with Crippen LogP contribution in [0, 0.1) is 0 Å². The number of hydrogen-bond donors (Lipinski definition) is 1. The lowest BCUT2D eigenvalue weighted by molar-refractivity contribution is -0.143. The number of nitrogens with one attached hydrogen (secondary N) is 1. The zero-order valence-corrected chi connectivity index (χ0v) is 22.6. The highest BCUT2D eigenvalue weighted by atomic mass is 79.9. The van der Waals surface area contributed by atoms with Crippen LogP contribution < -0.4 is 10.1 Å². The third-order valence-corrected chi connectivity index (χ3v) is 6.51. The van der Waals surface area contributed by atoms with Gasteiger partial charge in [-0.2, -0.15) is 0 Å². The molecule has 184 valence electrons. The van der Waals surface area contributed by atoms with Crippen LogP contribution in [0.5, 0.6) is 5.75 Å². The fourth-order valence-corrected chi connectivity index (χ4v) is 4.33. The molecule has 0 spiro atoms. The first-order valence-corrected chi connectivity index (χ1v) is 12.7. The standard InChI is InChI=1S/C27H27BrCl2N2O3/c1-18(2)31-27(34)25(15-19-7-4-3-5-8-19)32(16-22-23(29)9-6-10-24(22)30)26(33)17-35-21-13-11-20(28)12-14-21/h3-14,18,25H,15-17H2,1-2H3,(H,31,34)/t25-/m1/s1. The van der Waals surface area contributed by atoms with Crippen LogP contribution in [0.3, 0.4) is 0 Å². The molecule has 0 aromatic heterocycles. The van der Waals surface area contributed by atoms with Crippen molar-refractivity contribution in [3.8, 4) is 5.75 Å². The maximum atomic E-state index is 13.6. The van der Waals surface area contributed by atoms with Crippen molar-refractivity contribution in [3.63, 3.8) is 0 Å². The van der Waals surface area contributed by atoms with Crippen molar-refractivity contribution in [1.82, 2.24) is 10.2 Å². The molecule has 0 aliphatic rings. The second-order valence-electron chi connectivity index (χ2n) is 8.33. The number of ether oxygens (including phenoxy) is 1. The maximum Gasteiger partial charge on any atom is 0.261 e. The van der Waals surface area contributed by atoms with E-state index in [1.54, 1.807) is 30.3 Å². The molecule has 0 aliphatic heterocycles. The van der Waals surface area contributed by atoms with Gasteiger partial charge in [-0.25, -0.2) is 0 Å². The average Bonchev–Trinajstić information content (AvgIpc) is 2.82. The number of rotatable bonds is 10. The Morgan fingerprint density at radius 3 is 2.17 bits per heavy atom. The van der Waals surface area contributed by atoms with E-state index in [4.69, 9.17) is 27.9 Å². The Balaban J connectivity index is 1.95. The van der Waals surface area contributed by atoms with E-state index in [9.17, 15) is 9.59 Å². The predicted octanol–water partition coefficient (Wildman–Crippen LogP) is 6.30. The molecule has 0 unspecified atom stereocenters. The Morgan fingerprint density at radius 2 is 1.57 bits per heavy atom. The molecule has 1 N–H and O–H groups in total. The van der Waals surface area contributed by atoms with E-state index in [-0.39, 0.29) is 31.0 Å². The molecule has 0 aliphatic carbocycles. The summed E-state index contributed by atoms with van der Waals surface area (Å²) in [6.45, 7) is 3.57. The minimum Gasteiger partial charge on any atom is -0.484 e. The number of halogens is 3. The first-order valence-electron chi connectivity index (χ1n) is 11.2. The summed E-state index contributed by atoms with van der Waals surface area (Å²) in [4.78, 5) is 28.4. The number of hydrogen-bond acceptors (Lipinski definition) is 3. The molecule has 8 heteroatoms. The summed E-state index contributed by atoms with van der Waals surface area (Å²) in [5, 5.41) is 3.79. The highest BCUT2D eigenvalue weighted by molar-refractivity contribution is 9.10. The first kappa shape index (κ1) is 27.1. The van der Waals surface area contributed by atoms with Crippen LogP contribution in [0.2, 0.25) is 10.0 Å². The van der Waals surface area contributed by atoms with Gasteiger partial charge in [0.2, 0.25) is 5.91 Å². The molecule has 0 fully saturated rings. The van der Waals surface area contributed by atoms with Crippen LogP contribution in [0.15, 0.2) is 77.3 Å². The second-order valence-corrected chi connectivity index (χ2v) is 10.1. The third kappa shape index (κ3) is 7.99. The molecule has 3 aromatic carbocycles. The molecule has 2 amide bonds. The molecule has 1 atom stereocenters. The Morgan fingerprint density at radius 1 is 0.943 bits per heavy atom. The van der Waals surface area contributed by atoms with E-state index >= 15 is 0 Å². The van der Waals surface area contributed by atoms with Crippen molar-refractivity contribution in [2.45, 2.75) is 38.9 Å². The van der Waals surface area contributed by atoms with Gasteiger partial charge in [-0.05, 0) is 55.8 Å². The summed E-state index contributed by atoms with van der Waals surface area (Å²) in [6.07, 6.45) is 0.325. The molecule has 5 nitrogen and oxygen atoms in total. The van der Waals surface area contributed by atoms with Crippen LogP contribution in [0.4, 0.5) is 0 Å². The zero-order valence-electron chi connectivity index (χ0n) is 19.5. The largest absolute Gasteiger partial charge is 0.484 e. The predicted molar refractivity (Wildman–Crippen MR) is 144 cm³/mol. The minimum atomic E-state index is -0.798. The van der Waals surface area contributed by atoms with Gasteiger partial charge in [0.1, 0.15) is 11.8 Å². The van der Waals surface area contributed by atoms with Gasteiger partial charge in [0.25, 0.3) is 5.91 Å². The van der Waals surface area contributed by atoms with Crippen molar-refractivity contribution in [2.75, 3.05) is 6.61 Å². The van der Waals surface area contributed by atoms with Gasteiger partial charge in [0, 0.05) is 39.1 Å². The number of amides is 2. The Labute approximate surface area is 224 Å². The van der Waals surface area contributed by atoms with E-state index < -0.39 is 6.04 Å². The SMILES string of the molecule is CC(C)NC(=O)[C@@H](Cc1ccccc1)N(Cc1c(Cl)cccc1Cl)C(=O)COc1ccc(Br)cc1. The first-order chi connectivity index (χ1) is 16.7. The topological polar surface area (TPSA) is 58.6 Å². The van der Waals surface area contributed by atoms with Crippen molar-refractivity contribution < 1.29 is 14.3 Å². The molecule has 3 rings (SSSR count). The molecule has 0 bridgehead atoms. The van der Waals surface area contributed by atoms with E-state index in [2.05, 4.69) is 21.2 Å². The van der Waals surface area contributed by atoms with E-state index in [0.29, 0.717) is 27.8 Å². The monoisotopic (exact) mass is 576 g/mol. The molecule has 0 radical (unpaired) electrons. The number of benzene rings is 3. The van der Waals surface area contributed by atoms with E-state index in [0.717, 1.165) is 10.0 Å². The molecule has 35 heavy (non-hydrogen) atoms. The smallest absolute Gasteiger partial charge is 0.261 e. The lowest BCUT2D eigenvalue weighted by Gasteiger charge is -2.32. The fourth-order valence-electron chi connectivity index (χ4n) is 3.55. The van der Waals surface area contributed by atoms with Gasteiger partial charge in [0.05, 0.1) is 0 Å². The zero-order chi connectivity index (χ0) is 25.4. The van der Waals surface area contributed by atoms with E-state index in [1.165, 1.54) is 4.90 Å². The normalized spacial score (nSPS) is 11.7. The van der Waals surface area contributed by atoms with Gasteiger partial charge in [-0.3, -0.25) is 9.59 Å².